The van der Waals surface area contributed by atoms with Gasteiger partial charge >= 0.3 is 0 Å². The highest BCUT2D eigenvalue weighted by Crippen LogP contribution is 2.06. The first-order chi connectivity index (χ1) is 9.41. The molecule has 0 unspecified atom stereocenters. The van der Waals surface area contributed by atoms with Crippen LogP contribution in [0.25, 0.3) is 0 Å². The molecule has 1 heteroatoms. The maximum absolute atomic E-state index is 4.79. The van der Waals surface area contributed by atoms with Crippen molar-refractivity contribution in [3.8, 4) is 0 Å². The van der Waals surface area contributed by atoms with Gasteiger partial charge in [0.05, 0.1) is 7.11 Å². The molecule has 0 bridgehead atoms. The fourth-order valence-electron chi connectivity index (χ4n) is 2.02. The Hall–Kier alpha value is -0.560. The van der Waals surface area contributed by atoms with Gasteiger partial charge in [-0.25, -0.2) is 0 Å². The zero-order valence-electron chi connectivity index (χ0n) is 12.9. The highest BCUT2D eigenvalue weighted by Gasteiger charge is 1.89. The van der Waals surface area contributed by atoms with Crippen molar-refractivity contribution in [2.45, 2.75) is 77.6 Å². The van der Waals surface area contributed by atoms with Crippen LogP contribution < -0.4 is 0 Å². The molecular formula is C18H33O. The van der Waals surface area contributed by atoms with E-state index in [0.717, 1.165) is 19.4 Å². The molecule has 0 saturated heterocycles. The Labute approximate surface area is 121 Å². The lowest BCUT2D eigenvalue weighted by Gasteiger charge is -1.99. The Bertz CT molecular complexity index is 206. The van der Waals surface area contributed by atoms with Crippen molar-refractivity contribution in [3.05, 3.63) is 31.4 Å². The van der Waals surface area contributed by atoms with Crippen molar-refractivity contribution in [1.29, 1.82) is 0 Å². The SMILES string of the molecule is [CH2]OCCCCCCC/C=C/C/C=C/CCCCC. The van der Waals surface area contributed by atoms with Gasteiger partial charge in [-0.1, -0.05) is 63.3 Å². The Balaban J connectivity index is 3.12. The zero-order valence-corrected chi connectivity index (χ0v) is 12.9. The smallest absolute Gasteiger partial charge is 0.0700 e. The number of rotatable bonds is 14. The average molecular weight is 265 g/mol. The maximum atomic E-state index is 4.79. The van der Waals surface area contributed by atoms with E-state index < -0.39 is 0 Å². The molecular weight excluding hydrogens is 232 g/mol. The van der Waals surface area contributed by atoms with E-state index in [1.807, 2.05) is 0 Å². The molecule has 0 aliphatic rings. The first-order valence-electron chi connectivity index (χ1n) is 8.08. The van der Waals surface area contributed by atoms with Crippen molar-refractivity contribution >= 4 is 0 Å². The number of hydrogen-bond donors (Lipinski definition) is 0. The lowest BCUT2D eigenvalue weighted by molar-refractivity contribution is 0.233. The van der Waals surface area contributed by atoms with E-state index in [2.05, 4.69) is 38.3 Å². The zero-order chi connectivity index (χ0) is 14.0. The summed E-state index contributed by atoms with van der Waals surface area (Å²) < 4.78 is 4.79. The van der Waals surface area contributed by atoms with Crippen LogP contribution in [0, 0.1) is 7.11 Å². The third-order valence-electron chi connectivity index (χ3n) is 3.24. The van der Waals surface area contributed by atoms with Crippen LogP contribution in [0.4, 0.5) is 0 Å². The van der Waals surface area contributed by atoms with Gasteiger partial charge in [0.1, 0.15) is 0 Å². The summed E-state index contributed by atoms with van der Waals surface area (Å²) in [5.74, 6) is 0. The Morgan fingerprint density at radius 2 is 1.32 bits per heavy atom. The largest absolute Gasteiger partial charge is 0.379 e. The van der Waals surface area contributed by atoms with Crippen molar-refractivity contribution in [2.75, 3.05) is 6.61 Å². The van der Waals surface area contributed by atoms with Crippen molar-refractivity contribution in [3.63, 3.8) is 0 Å². The first kappa shape index (κ1) is 18.4. The van der Waals surface area contributed by atoms with E-state index in [9.17, 15) is 0 Å². The first-order valence-corrected chi connectivity index (χ1v) is 8.08. The summed E-state index contributed by atoms with van der Waals surface area (Å²) in [4.78, 5) is 0. The third kappa shape index (κ3) is 17.4. The molecule has 0 N–H and O–H groups in total. The van der Waals surface area contributed by atoms with Gasteiger partial charge in [-0.05, 0) is 38.5 Å². The molecule has 1 radical (unpaired) electrons. The molecule has 1 nitrogen and oxygen atoms in total. The molecule has 0 amide bonds. The van der Waals surface area contributed by atoms with E-state index >= 15 is 0 Å². The van der Waals surface area contributed by atoms with E-state index in [0.29, 0.717) is 0 Å². The average Bonchev–Trinajstić information content (AvgIpc) is 2.43. The molecule has 0 saturated carbocycles. The maximum Gasteiger partial charge on any atom is 0.0700 e. The van der Waals surface area contributed by atoms with Crippen LogP contribution in [0.3, 0.4) is 0 Å². The van der Waals surface area contributed by atoms with Gasteiger partial charge in [0.25, 0.3) is 0 Å². The lowest BCUT2D eigenvalue weighted by atomic mass is 10.1. The van der Waals surface area contributed by atoms with E-state index in [1.54, 1.807) is 0 Å². The number of hydrogen-bond acceptors (Lipinski definition) is 1. The molecule has 0 rings (SSSR count). The van der Waals surface area contributed by atoms with Crippen LogP contribution in [0.5, 0.6) is 0 Å². The number of unbranched alkanes of at least 4 members (excludes halogenated alkanes) is 8. The minimum atomic E-state index is 0.810. The predicted molar refractivity (Wildman–Crippen MR) is 86.1 cm³/mol. The summed E-state index contributed by atoms with van der Waals surface area (Å²) in [6.07, 6.45) is 23.3. The lowest BCUT2D eigenvalue weighted by Crippen LogP contribution is -1.86. The Kier molecular flexibility index (Phi) is 16.9. The second-order valence-corrected chi connectivity index (χ2v) is 5.14. The fraction of sp³-hybridized carbons (Fsp3) is 0.722. The topological polar surface area (TPSA) is 9.23 Å². The normalized spacial score (nSPS) is 11.9. The second kappa shape index (κ2) is 17.4. The Morgan fingerprint density at radius 1 is 0.737 bits per heavy atom. The molecule has 0 aromatic rings. The minimum absolute atomic E-state index is 0.810. The van der Waals surface area contributed by atoms with Crippen LogP contribution >= 0.6 is 0 Å². The summed E-state index contributed by atoms with van der Waals surface area (Å²) in [7, 11) is 3.37. The summed E-state index contributed by atoms with van der Waals surface area (Å²) in [5.41, 5.74) is 0. The van der Waals surface area contributed by atoms with Crippen molar-refractivity contribution < 1.29 is 4.74 Å². The van der Waals surface area contributed by atoms with Crippen molar-refractivity contribution in [1.82, 2.24) is 0 Å². The highest BCUT2D eigenvalue weighted by atomic mass is 16.5. The van der Waals surface area contributed by atoms with Crippen molar-refractivity contribution in [2.24, 2.45) is 0 Å². The fourth-order valence-corrected chi connectivity index (χ4v) is 2.02. The molecule has 111 valence electrons. The van der Waals surface area contributed by atoms with E-state index in [1.165, 1.54) is 57.8 Å². The minimum Gasteiger partial charge on any atom is -0.379 e. The van der Waals surface area contributed by atoms with Gasteiger partial charge in [-0.3, -0.25) is 0 Å². The predicted octanol–water partition coefficient (Wildman–Crippen LogP) is 6.22. The number of allylic oxidation sites excluding steroid dienone is 4. The monoisotopic (exact) mass is 265 g/mol. The van der Waals surface area contributed by atoms with Gasteiger partial charge in [0, 0.05) is 6.61 Å². The Morgan fingerprint density at radius 3 is 1.95 bits per heavy atom. The summed E-state index contributed by atoms with van der Waals surface area (Å²) in [6, 6.07) is 0. The summed E-state index contributed by atoms with van der Waals surface area (Å²) >= 11 is 0. The quantitative estimate of drug-likeness (QED) is 0.268. The van der Waals surface area contributed by atoms with Crippen LogP contribution in [0.15, 0.2) is 24.3 Å². The molecule has 0 aliphatic carbocycles. The molecule has 0 atom stereocenters. The molecule has 0 aliphatic heterocycles. The van der Waals surface area contributed by atoms with Gasteiger partial charge in [0.15, 0.2) is 0 Å². The molecule has 0 heterocycles. The van der Waals surface area contributed by atoms with Gasteiger partial charge in [0.2, 0.25) is 0 Å². The summed E-state index contributed by atoms with van der Waals surface area (Å²) in [6.45, 7) is 3.06. The summed E-state index contributed by atoms with van der Waals surface area (Å²) in [5, 5.41) is 0. The van der Waals surface area contributed by atoms with E-state index in [-0.39, 0.29) is 0 Å². The van der Waals surface area contributed by atoms with Gasteiger partial charge in [-0.2, -0.15) is 0 Å². The van der Waals surface area contributed by atoms with Crippen LogP contribution in [-0.4, -0.2) is 6.61 Å². The molecule has 19 heavy (non-hydrogen) atoms. The van der Waals surface area contributed by atoms with E-state index in [4.69, 9.17) is 4.74 Å². The highest BCUT2D eigenvalue weighted by molar-refractivity contribution is 4.92. The van der Waals surface area contributed by atoms with Gasteiger partial charge < -0.3 is 4.74 Å². The van der Waals surface area contributed by atoms with Crippen LogP contribution in [-0.2, 0) is 4.74 Å². The third-order valence-corrected chi connectivity index (χ3v) is 3.24. The standard InChI is InChI=1S/C18H33O/c1-3-4-5-6-7-8-9-10-11-12-13-14-15-16-17-18-19-2/h7-8,10-11H,2-6,9,12-18H2,1H3/b8-7+,11-10+. The molecule has 0 spiro atoms. The molecule has 0 aromatic heterocycles. The number of ether oxygens (including phenoxy) is 1. The van der Waals surface area contributed by atoms with Crippen LogP contribution in [0.2, 0.25) is 0 Å². The second-order valence-electron chi connectivity index (χ2n) is 5.14. The molecule has 0 aromatic carbocycles. The molecule has 0 fully saturated rings. The van der Waals surface area contributed by atoms with Gasteiger partial charge in [-0.15, -0.1) is 0 Å². The van der Waals surface area contributed by atoms with Crippen LogP contribution in [0.1, 0.15) is 77.6 Å².